The number of rotatable bonds is 11. The fourth-order valence-electron chi connectivity index (χ4n) is 5.08. The minimum absolute atomic E-state index is 0.00218. The fourth-order valence-corrected chi connectivity index (χ4v) is 5.31. The van der Waals surface area contributed by atoms with Gasteiger partial charge in [0, 0.05) is 42.2 Å². The first-order valence-electron chi connectivity index (χ1n) is 13.6. The predicted octanol–water partition coefficient (Wildman–Crippen LogP) is 5.88. The summed E-state index contributed by atoms with van der Waals surface area (Å²) in [5.41, 5.74) is 7.52. The Morgan fingerprint density at radius 3 is 2.73 bits per heavy atom. The van der Waals surface area contributed by atoms with E-state index in [4.69, 9.17) is 21.1 Å². The van der Waals surface area contributed by atoms with Crippen LogP contribution in [0.1, 0.15) is 52.8 Å². The zero-order valence-corrected chi connectivity index (χ0v) is 23.6. The van der Waals surface area contributed by atoms with Gasteiger partial charge in [0.15, 0.2) is 0 Å². The molecule has 1 aromatic heterocycles. The van der Waals surface area contributed by atoms with Gasteiger partial charge in [-0.3, -0.25) is 4.98 Å². The molecule has 5 rings (SSSR count). The molecule has 2 atom stereocenters. The van der Waals surface area contributed by atoms with Crippen molar-refractivity contribution in [3.63, 3.8) is 0 Å². The number of nitrogens with one attached hydrogen (secondary N) is 1. The number of aromatic nitrogens is 1. The van der Waals surface area contributed by atoms with Gasteiger partial charge in [-0.05, 0) is 65.8 Å². The zero-order valence-electron chi connectivity index (χ0n) is 22.8. The number of aliphatic hydroxyl groups is 2. The minimum atomic E-state index is -0.175. The van der Waals surface area contributed by atoms with Gasteiger partial charge >= 0.3 is 0 Å². The van der Waals surface area contributed by atoms with Crippen LogP contribution in [0.4, 0.5) is 0 Å². The third-order valence-electron chi connectivity index (χ3n) is 7.25. The van der Waals surface area contributed by atoms with Crippen LogP contribution >= 0.6 is 11.6 Å². The van der Waals surface area contributed by atoms with E-state index in [1.807, 2.05) is 43.3 Å². The van der Waals surface area contributed by atoms with Crippen molar-refractivity contribution in [2.24, 2.45) is 0 Å². The van der Waals surface area contributed by atoms with Crippen LogP contribution in [0.2, 0.25) is 5.02 Å². The Morgan fingerprint density at radius 1 is 1.07 bits per heavy atom. The van der Waals surface area contributed by atoms with Crippen LogP contribution in [0.15, 0.2) is 73.1 Å². The van der Waals surface area contributed by atoms with Crippen molar-refractivity contribution >= 4 is 11.6 Å². The number of benzene rings is 3. The monoisotopic (exact) mass is 569 g/mol. The summed E-state index contributed by atoms with van der Waals surface area (Å²) < 4.78 is 12.7. The van der Waals surface area contributed by atoms with Gasteiger partial charge in [-0.1, -0.05) is 48.0 Å². The SMILES string of the molecule is C[C@H](CO)NCc1cc(Cl)c(O[C@H]2CCc3c(-c4cccc(CO)c4)cccc32)cc1OCc1cncc(C#N)c1. The molecule has 0 bridgehead atoms. The van der Waals surface area contributed by atoms with Crippen molar-refractivity contribution in [2.45, 2.75) is 51.7 Å². The maximum atomic E-state index is 9.60. The average Bonchev–Trinajstić information content (AvgIpc) is 3.43. The number of fused-ring (bicyclic) bond motifs is 1. The van der Waals surface area contributed by atoms with Gasteiger partial charge in [0.05, 0.1) is 23.8 Å². The summed E-state index contributed by atoms with van der Waals surface area (Å²) in [6, 6.07) is 21.6. The van der Waals surface area contributed by atoms with E-state index in [0.29, 0.717) is 28.6 Å². The van der Waals surface area contributed by atoms with Gasteiger partial charge in [0.25, 0.3) is 0 Å². The molecule has 0 amide bonds. The van der Waals surface area contributed by atoms with Crippen LogP contribution in [0.25, 0.3) is 11.1 Å². The number of pyridine rings is 1. The summed E-state index contributed by atoms with van der Waals surface area (Å²) in [5.74, 6) is 1.12. The van der Waals surface area contributed by atoms with Crippen molar-refractivity contribution in [1.82, 2.24) is 10.3 Å². The summed E-state index contributed by atoms with van der Waals surface area (Å²) >= 11 is 6.75. The molecule has 8 heteroatoms. The van der Waals surface area contributed by atoms with Gasteiger partial charge in [0.1, 0.15) is 30.3 Å². The number of hydrogen-bond acceptors (Lipinski definition) is 7. The van der Waals surface area contributed by atoms with Crippen molar-refractivity contribution in [3.8, 4) is 28.7 Å². The van der Waals surface area contributed by atoms with Gasteiger partial charge < -0.3 is 25.0 Å². The first-order chi connectivity index (χ1) is 20.0. The molecule has 0 saturated heterocycles. The minimum Gasteiger partial charge on any atom is -0.488 e. The Morgan fingerprint density at radius 2 is 1.93 bits per heavy atom. The molecule has 3 aromatic carbocycles. The number of halogens is 1. The van der Waals surface area contributed by atoms with E-state index in [1.54, 1.807) is 12.3 Å². The second-order valence-electron chi connectivity index (χ2n) is 10.2. The molecule has 0 aliphatic heterocycles. The number of hydrogen-bond donors (Lipinski definition) is 3. The summed E-state index contributed by atoms with van der Waals surface area (Å²) in [6.45, 7) is 2.56. The van der Waals surface area contributed by atoms with Crippen molar-refractivity contribution in [2.75, 3.05) is 6.61 Å². The van der Waals surface area contributed by atoms with Gasteiger partial charge in [0.2, 0.25) is 0 Å². The van der Waals surface area contributed by atoms with Crippen LogP contribution in [0.5, 0.6) is 11.5 Å². The normalized spacial score (nSPS) is 14.8. The van der Waals surface area contributed by atoms with Crippen molar-refractivity contribution < 1.29 is 19.7 Å². The van der Waals surface area contributed by atoms with E-state index < -0.39 is 0 Å². The van der Waals surface area contributed by atoms with Crippen molar-refractivity contribution in [1.29, 1.82) is 5.26 Å². The van der Waals surface area contributed by atoms with Crippen LogP contribution in [0.3, 0.4) is 0 Å². The highest BCUT2D eigenvalue weighted by molar-refractivity contribution is 6.32. The Hall–Kier alpha value is -3.93. The third kappa shape index (κ3) is 6.70. The van der Waals surface area contributed by atoms with Crippen LogP contribution < -0.4 is 14.8 Å². The average molecular weight is 570 g/mol. The molecule has 0 unspecified atom stereocenters. The van der Waals surface area contributed by atoms with E-state index in [1.165, 1.54) is 11.8 Å². The molecule has 0 radical (unpaired) electrons. The van der Waals surface area contributed by atoms with E-state index in [-0.39, 0.29) is 32.0 Å². The van der Waals surface area contributed by atoms with Gasteiger partial charge in [-0.2, -0.15) is 5.26 Å². The quantitative estimate of drug-likeness (QED) is 0.207. The predicted molar refractivity (Wildman–Crippen MR) is 158 cm³/mol. The fraction of sp³-hybridized carbons (Fsp3) is 0.273. The molecule has 0 saturated carbocycles. The van der Waals surface area contributed by atoms with Crippen LogP contribution in [0, 0.1) is 11.3 Å². The molecular formula is C33H32ClN3O4. The lowest BCUT2D eigenvalue weighted by Crippen LogP contribution is -2.28. The summed E-state index contributed by atoms with van der Waals surface area (Å²) in [7, 11) is 0. The highest BCUT2D eigenvalue weighted by Gasteiger charge is 2.27. The summed E-state index contributed by atoms with van der Waals surface area (Å²) in [5, 5.41) is 32.0. The Bertz CT molecular complexity index is 1570. The maximum absolute atomic E-state index is 9.60. The first-order valence-corrected chi connectivity index (χ1v) is 14.0. The third-order valence-corrected chi connectivity index (χ3v) is 7.55. The number of aliphatic hydroxyl groups excluding tert-OH is 2. The van der Waals surface area contributed by atoms with E-state index >= 15 is 0 Å². The van der Waals surface area contributed by atoms with Crippen LogP contribution in [-0.2, 0) is 26.2 Å². The topological polar surface area (TPSA) is 108 Å². The Labute approximate surface area is 245 Å². The lowest BCUT2D eigenvalue weighted by atomic mass is 9.95. The Balaban J connectivity index is 1.41. The standard InChI is InChI=1S/C33H32ClN3O4/c1-21(18-38)37-17-26-12-30(34)33(13-32(26)40-20-24-10-23(14-35)15-36-16-24)41-31-9-8-28-27(6-3-7-29(28)31)25-5-2-4-22(11-25)19-39/h2-7,10-13,15-16,21,31,37-39H,8-9,17-20H2,1H3/t21-,31+/m1/s1. The number of ether oxygens (including phenoxy) is 2. The molecule has 0 spiro atoms. The largest absolute Gasteiger partial charge is 0.488 e. The molecule has 7 nitrogen and oxygen atoms in total. The number of nitrogens with zero attached hydrogens (tertiary/aromatic N) is 2. The molecular weight excluding hydrogens is 538 g/mol. The molecule has 1 aliphatic rings. The van der Waals surface area contributed by atoms with E-state index in [2.05, 4.69) is 34.6 Å². The first kappa shape index (κ1) is 28.6. The molecule has 0 fully saturated rings. The van der Waals surface area contributed by atoms with Crippen LogP contribution in [-0.4, -0.2) is 27.8 Å². The molecule has 41 heavy (non-hydrogen) atoms. The van der Waals surface area contributed by atoms with Gasteiger partial charge in [-0.25, -0.2) is 0 Å². The summed E-state index contributed by atoms with van der Waals surface area (Å²) in [4.78, 5) is 4.12. The molecule has 210 valence electrons. The highest BCUT2D eigenvalue weighted by Crippen LogP contribution is 2.43. The molecule has 1 heterocycles. The molecule has 4 aromatic rings. The van der Waals surface area contributed by atoms with E-state index in [0.717, 1.165) is 46.2 Å². The lowest BCUT2D eigenvalue weighted by Gasteiger charge is -2.20. The van der Waals surface area contributed by atoms with E-state index in [9.17, 15) is 15.5 Å². The highest BCUT2D eigenvalue weighted by atomic mass is 35.5. The molecule has 1 aliphatic carbocycles. The zero-order chi connectivity index (χ0) is 28.8. The van der Waals surface area contributed by atoms with Crippen molar-refractivity contribution in [3.05, 3.63) is 111 Å². The molecule has 3 N–H and O–H groups in total. The summed E-state index contributed by atoms with van der Waals surface area (Å²) in [6.07, 6.45) is 4.68. The number of nitriles is 1. The van der Waals surface area contributed by atoms with Gasteiger partial charge in [-0.15, -0.1) is 0 Å². The second kappa shape index (κ2) is 13.2. The second-order valence-corrected chi connectivity index (χ2v) is 10.6. The lowest BCUT2D eigenvalue weighted by molar-refractivity contribution is 0.205. The Kier molecular flexibility index (Phi) is 9.17. The smallest absolute Gasteiger partial charge is 0.142 e. The maximum Gasteiger partial charge on any atom is 0.142 e.